The molecule has 2 aromatic carbocycles. The summed E-state index contributed by atoms with van der Waals surface area (Å²) in [6.07, 6.45) is -0.972. The highest BCUT2D eigenvalue weighted by Crippen LogP contribution is 2.32. The Kier molecular flexibility index (Phi) is 4.61. The first-order valence-electron chi connectivity index (χ1n) is 6.04. The Labute approximate surface area is 121 Å². The molecular weight excluding hydrogens is 278 g/mol. The second kappa shape index (κ2) is 6.41. The third-order valence-electron chi connectivity index (χ3n) is 2.85. The number of aryl methyl sites for hydroxylation is 1. The van der Waals surface area contributed by atoms with Crippen LogP contribution in [-0.4, -0.2) is 11.1 Å². The molecule has 0 spiro atoms. The molecule has 0 aliphatic heterocycles. The van der Waals surface area contributed by atoms with Crippen molar-refractivity contribution >= 4 is 17.5 Å². The fourth-order valence-electron chi connectivity index (χ4n) is 1.84. The van der Waals surface area contributed by atoms with Crippen LogP contribution in [0.25, 0.3) is 0 Å². The molecule has 0 radical (unpaired) electrons. The van der Waals surface area contributed by atoms with E-state index in [4.69, 9.17) is 21.5 Å². The molecule has 0 aliphatic carbocycles. The van der Waals surface area contributed by atoms with Crippen molar-refractivity contribution in [2.24, 2.45) is 0 Å². The van der Waals surface area contributed by atoms with Gasteiger partial charge in [-0.2, -0.15) is 0 Å². The topological polar surface area (TPSA) is 58.6 Å². The number of hydroxylamine groups is 1. The molecule has 0 saturated heterocycles. The fourth-order valence-corrected chi connectivity index (χ4v) is 2.11. The Morgan fingerprint density at radius 3 is 2.50 bits per heavy atom. The molecule has 0 saturated carbocycles. The van der Waals surface area contributed by atoms with Crippen LogP contribution in [-0.2, 0) is 4.79 Å². The summed E-state index contributed by atoms with van der Waals surface area (Å²) >= 11 is 6.09. The van der Waals surface area contributed by atoms with E-state index < -0.39 is 12.0 Å². The number of amides is 1. The van der Waals surface area contributed by atoms with Crippen molar-refractivity contribution in [2.45, 2.75) is 13.0 Å². The van der Waals surface area contributed by atoms with E-state index in [1.165, 1.54) is 0 Å². The number of carbonyl (C=O) groups is 1. The molecule has 2 aromatic rings. The van der Waals surface area contributed by atoms with Gasteiger partial charge < -0.3 is 4.74 Å². The molecule has 104 valence electrons. The van der Waals surface area contributed by atoms with Gasteiger partial charge in [0.05, 0.1) is 5.02 Å². The van der Waals surface area contributed by atoms with Crippen molar-refractivity contribution in [1.82, 2.24) is 5.48 Å². The maximum atomic E-state index is 11.8. The zero-order chi connectivity index (χ0) is 14.5. The summed E-state index contributed by atoms with van der Waals surface area (Å²) in [5.74, 6) is -0.234. The summed E-state index contributed by atoms with van der Waals surface area (Å²) in [5, 5.41) is 9.28. The lowest BCUT2D eigenvalue weighted by Crippen LogP contribution is -2.30. The average molecular weight is 292 g/mol. The summed E-state index contributed by atoms with van der Waals surface area (Å²) in [4.78, 5) is 11.8. The maximum Gasteiger partial charge on any atom is 0.289 e. The lowest BCUT2D eigenvalue weighted by molar-refractivity contribution is -0.136. The highest BCUT2D eigenvalue weighted by Gasteiger charge is 2.23. The number of benzene rings is 2. The Bertz CT molecular complexity index is 581. The second-order valence-electron chi connectivity index (χ2n) is 4.27. The number of ether oxygens (including phenoxy) is 1. The smallest absolute Gasteiger partial charge is 0.289 e. The molecule has 1 unspecified atom stereocenters. The summed E-state index contributed by atoms with van der Waals surface area (Å²) in [7, 11) is 0. The van der Waals surface area contributed by atoms with Crippen LogP contribution in [0, 0.1) is 6.92 Å². The van der Waals surface area contributed by atoms with Gasteiger partial charge in [0.1, 0.15) is 5.75 Å². The van der Waals surface area contributed by atoms with Crippen molar-refractivity contribution < 1.29 is 14.7 Å². The van der Waals surface area contributed by atoms with E-state index in [2.05, 4.69) is 0 Å². The van der Waals surface area contributed by atoms with E-state index >= 15 is 0 Å². The normalized spacial score (nSPS) is 11.8. The summed E-state index contributed by atoms with van der Waals surface area (Å²) in [6.45, 7) is 1.83. The molecule has 0 bridgehead atoms. The minimum Gasteiger partial charge on any atom is -0.474 e. The number of para-hydroxylation sites is 1. The van der Waals surface area contributed by atoms with Crippen molar-refractivity contribution in [2.75, 3.05) is 0 Å². The number of hydrogen-bond acceptors (Lipinski definition) is 3. The van der Waals surface area contributed by atoms with Gasteiger partial charge in [-0.25, -0.2) is 5.48 Å². The molecule has 4 nitrogen and oxygen atoms in total. The highest BCUT2D eigenvalue weighted by molar-refractivity contribution is 6.32. The first kappa shape index (κ1) is 14.4. The molecule has 20 heavy (non-hydrogen) atoms. The molecule has 1 atom stereocenters. The van der Waals surface area contributed by atoms with Gasteiger partial charge >= 0.3 is 0 Å². The first-order chi connectivity index (χ1) is 9.63. The van der Waals surface area contributed by atoms with Gasteiger partial charge in [-0.15, -0.1) is 0 Å². The second-order valence-corrected chi connectivity index (χ2v) is 4.68. The van der Waals surface area contributed by atoms with Crippen molar-refractivity contribution in [3.63, 3.8) is 0 Å². The van der Waals surface area contributed by atoms with E-state index in [1.807, 2.05) is 19.1 Å². The SMILES string of the molecule is Cc1cccc(Cl)c1OC(C(=O)NO)c1ccccc1. The van der Waals surface area contributed by atoms with Crippen molar-refractivity contribution in [3.8, 4) is 5.75 Å². The number of hydrogen-bond donors (Lipinski definition) is 2. The van der Waals surface area contributed by atoms with Crippen LogP contribution in [0.15, 0.2) is 48.5 Å². The van der Waals surface area contributed by atoms with Crippen LogP contribution in [0.4, 0.5) is 0 Å². The number of rotatable bonds is 4. The van der Waals surface area contributed by atoms with Crippen LogP contribution < -0.4 is 10.2 Å². The van der Waals surface area contributed by atoms with Crippen LogP contribution in [0.5, 0.6) is 5.75 Å². The quantitative estimate of drug-likeness (QED) is 0.671. The van der Waals surface area contributed by atoms with E-state index in [-0.39, 0.29) is 0 Å². The number of halogens is 1. The zero-order valence-electron chi connectivity index (χ0n) is 10.8. The van der Waals surface area contributed by atoms with E-state index in [1.54, 1.807) is 41.9 Å². The fraction of sp³-hybridized carbons (Fsp3) is 0.133. The monoisotopic (exact) mass is 291 g/mol. The Morgan fingerprint density at radius 2 is 1.90 bits per heavy atom. The molecule has 1 amide bonds. The third-order valence-corrected chi connectivity index (χ3v) is 3.15. The Hall–Kier alpha value is -2.04. The predicted octanol–water partition coefficient (Wildman–Crippen LogP) is 3.27. The van der Waals surface area contributed by atoms with E-state index in [0.717, 1.165) is 5.56 Å². The average Bonchev–Trinajstić information content (AvgIpc) is 2.47. The van der Waals surface area contributed by atoms with Gasteiger partial charge in [0.2, 0.25) is 6.10 Å². The third kappa shape index (κ3) is 3.10. The molecule has 2 rings (SSSR count). The highest BCUT2D eigenvalue weighted by atomic mass is 35.5. The number of nitrogens with one attached hydrogen (secondary N) is 1. The van der Waals surface area contributed by atoms with Gasteiger partial charge in [-0.05, 0) is 18.6 Å². The van der Waals surface area contributed by atoms with E-state index in [0.29, 0.717) is 16.3 Å². The molecule has 0 fully saturated rings. The van der Waals surface area contributed by atoms with E-state index in [9.17, 15) is 4.79 Å². The summed E-state index contributed by atoms with van der Waals surface area (Å²) in [6, 6.07) is 14.2. The Balaban J connectivity index is 2.37. The molecule has 0 heterocycles. The predicted molar refractivity (Wildman–Crippen MR) is 75.9 cm³/mol. The lowest BCUT2D eigenvalue weighted by atomic mass is 10.1. The van der Waals surface area contributed by atoms with Crippen molar-refractivity contribution in [3.05, 3.63) is 64.7 Å². The van der Waals surface area contributed by atoms with Crippen LogP contribution in [0.3, 0.4) is 0 Å². The largest absolute Gasteiger partial charge is 0.474 e. The number of carbonyl (C=O) groups excluding carboxylic acids is 1. The minimum atomic E-state index is -0.972. The molecular formula is C15H14ClNO3. The molecule has 5 heteroatoms. The molecule has 0 aromatic heterocycles. The van der Waals surface area contributed by atoms with Crippen LogP contribution in [0.1, 0.15) is 17.2 Å². The van der Waals surface area contributed by atoms with Crippen LogP contribution in [0.2, 0.25) is 5.02 Å². The first-order valence-corrected chi connectivity index (χ1v) is 6.42. The van der Waals surface area contributed by atoms with Gasteiger partial charge in [-0.1, -0.05) is 54.1 Å². The van der Waals surface area contributed by atoms with Gasteiger partial charge in [-0.3, -0.25) is 10.0 Å². The molecule has 2 N–H and O–H groups in total. The van der Waals surface area contributed by atoms with Crippen LogP contribution >= 0.6 is 11.6 Å². The minimum absolute atomic E-state index is 0.414. The lowest BCUT2D eigenvalue weighted by Gasteiger charge is -2.19. The standard InChI is InChI=1S/C15H14ClNO3/c1-10-6-5-9-12(16)13(10)20-14(15(18)17-19)11-7-3-2-4-8-11/h2-9,14,19H,1H3,(H,17,18). The summed E-state index contributed by atoms with van der Waals surface area (Å²) in [5.41, 5.74) is 3.05. The maximum absolute atomic E-state index is 11.8. The van der Waals surface area contributed by atoms with Crippen molar-refractivity contribution in [1.29, 1.82) is 0 Å². The molecule has 0 aliphatic rings. The van der Waals surface area contributed by atoms with Gasteiger partial charge in [0.25, 0.3) is 5.91 Å². The van der Waals surface area contributed by atoms with Gasteiger partial charge in [0, 0.05) is 5.56 Å². The van der Waals surface area contributed by atoms with Gasteiger partial charge in [0.15, 0.2) is 0 Å². The zero-order valence-corrected chi connectivity index (χ0v) is 11.6. The summed E-state index contributed by atoms with van der Waals surface area (Å²) < 4.78 is 5.71. The Morgan fingerprint density at radius 1 is 1.20 bits per heavy atom.